The third kappa shape index (κ3) is 7.47. The smallest absolute Gasteiger partial charge is 0.243 e. The fourth-order valence-electron chi connectivity index (χ4n) is 3.66. The second kappa shape index (κ2) is 12.2. The summed E-state index contributed by atoms with van der Waals surface area (Å²) in [6.07, 6.45) is 3.67. The van der Waals surface area contributed by atoms with E-state index in [0.29, 0.717) is 25.3 Å². The van der Waals surface area contributed by atoms with Gasteiger partial charge in [-0.05, 0) is 43.4 Å². The zero-order valence-corrected chi connectivity index (χ0v) is 19.1. The van der Waals surface area contributed by atoms with E-state index < -0.39 is 12.1 Å². The summed E-state index contributed by atoms with van der Waals surface area (Å²) < 4.78 is 0. The van der Waals surface area contributed by atoms with Crippen LogP contribution in [0.15, 0.2) is 54.7 Å². The van der Waals surface area contributed by atoms with Crippen molar-refractivity contribution in [3.63, 3.8) is 0 Å². The Morgan fingerprint density at radius 1 is 1.06 bits per heavy atom. The maximum absolute atomic E-state index is 13.2. The molecule has 0 aliphatic rings. The number of hydrogen-bond acceptors (Lipinski definition) is 4. The first-order chi connectivity index (χ1) is 14.8. The minimum absolute atomic E-state index is 0.167. The van der Waals surface area contributed by atoms with Gasteiger partial charge in [0.25, 0.3) is 0 Å². The molecule has 6 nitrogen and oxygen atoms in total. The highest BCUT2D eigenvalue weighted by Crippen LogP contribution is 2.18. The van der Waals surface area contributed by atoms with E-state index >= 15 is 0 Å². The Morgan fingerprint density at radius 2 is 1.74 bits per heavy atom. The average Bonchev–Trinajstić information content (AvgIpc) is 2.77. The van der Waals surface area contributed by atoms with Gasteiger partial charge in [-0.1, -0.05) is 57.2 Å². The highest BCUT2D eigenvalue weighted by Gasteiger charge is 2.30. The molecule has 2 rings (SSSR count). The molecule has 0 spiro atoms. The van der Waals surface area contributed by atoms with Crippen molar-refractivity contribution in [2.24, 2.45) is 11.7 Å². The minimum atomic E-state index is -0.611. The minimum Gasteiger partial charge on any atom is -0.347 e. The zero-order valence-electron chi connectivity index (χ0n) is 19.1. The SMILES string of the molecule is CCCN(C(=O)[C@@H](N)CC(C)C)[C@@H](C)C(=O)N[C@@H](Cc1ccccn1)c1ccccc1. The maximum Gasteiger partial charge on any atom is 0.243 e. The normalized spacial score (nSPS) is 14.0. The van der Waals surface area contributed by atoms with Crippen molar-refractivity contribution in [2.45, 2.75) is 65.1 Å². The summed E-state index contributed by atoms with van der Waals surface area (Å²) in [6.45, 7) is 8.33. The van der Waals surface area contributed by atoms with Crippen LogP contribution in [-0.2, 0) is 16.0 Å². The molecule has 31 heavy (non-hydrogen) atoms. The molecule has 0 unspecified atom stereocenters. The van der Waals surface area contributed by atoms with E-state index in [4.69, 9.17) is 5.73 Å². The summed E-state index contributed by atoms with van der Waals surface area (Å²) in [5, 5.41) is 3.14. The van der Waals surface area contributed by atoms with Gasteiger partial charge < -0.3 is 16.0 Å². The number of rotatable bonds is 11. The second-order valence-corrected chi connectivity index (χ2v) is 8.44. The van der Waals surface area contributed by atoms with Gasteiger partial charge in [0.2, 0.25) is 11.8 Å². The number of carbonyl (C=O) groups is 2. The van der Waals surface area contributed by atoms with Crippen LogP contribution in [0.2, 0.25) is 0 Å². The van der Waals surface area contributed by atoms with Gasteiger partial charge in [0, 0.05) is 24.9 Å². The molecule has 0 fully saturated rings. The standard InChI is InChI=1S/C25H36N4O2/c1-5-15-29(25(31)22(26)16-18(2)3)19(4)24(30)28-23(20-11-7-6-8-12-20)17-21-13-9-10-14-27-21/h6-14,18-19,22-23H,5,15-17,26H2,1-4H3,(H,28,30)/t19-,22-,23-/m0/s1. The largest absolute Gasteiger partial charge is 0.347 e. The number of nitrogens with two attached hydrogens (primary N) is 1. The van der Waals surface area contributed by atoms with Gasteiger partial charge >= 0.3 is 0 Å². The van der Waals surface area contributed by atoms with Crippen LogP contribution in [0.3, 0.4) is 0 Å². The molecule has 0 radical (unpaired) electrons. The number of aromatic nitrogens is 1. The van der Waals surface area contributed by atoms with Crippen LogP contribution >= 0.6 is 0 Å². The van der Waals surface area contributed by atoms with Crippen LogP contribution in [0, 0.1) is 5.92 Å². The molecular weight excluding hydrogens is 388 g/mol. The van der Waals surface area contributed by atoms with Gasteiger partial charge in [0.1, 0.15) is 6.04 Å². The Morgan fingerprint density at radius 3 is 2.32 bits per heavy atom. The highest BCUT2D eigenvalue weighted by atomic mass is 16.2. The molecular formula is C25H36N4O2. The molecule has 0 saturated carbocycles. The Hall–Kier alpha value is -2.73. The molecule has 6 heteroatoms. The Labute approximate surface area is 186 Å². The Kier molecular flexibility index (Phi) is 9.66. The molecule has 2 amide bonds. The number of benzene rings is 1. The first-order valence-electron chi connectivity index (χ1n) is 11.1. The van der Waals surface area contributed by atoms with E-state index in [1.807, 2.05) is 69.3 Å². The van der Waals surface area contributed by atoms with Crippen molar-refractivity contribution < 1.29 is 9.59 Å². The fourth-order valence-corrected chi connectivity index (χ4v) is 3.66. The summed E-state index contributed by atoms with van der Waals surface area (Å²) in [5.74, 6) is -0.0464. The predicted octanol–water partition coefficient (Wildman–Crippen LogP) is 3.48. The number of pyridine rings is 1. The maximum atomic E-state index is 13.2. The molecule has 0 saturated heterocycles. The molecule has 0 aliphatic heterocycles. The van der Waals surface area contributed by atoms with Gasteiger partial charge in [-0.15, -0.1) is 0 Å². The monoisotopic (exact) mass is 424 g/mol. The molecule has 168 valence electrons. The van der Waals surface area contributed by atoms with Crippen molar-refractivity contribution in [3.8, 4) is 0 Å². The first kappa shape index (κ1) is 24.5. The van der Waals surface area contributed by atoms with Crippen molar-refractivity contribution in [3.05, 3.63) is 66.0 Å². The number of nitrogens with one attached hydrogen (secondary N) is 1. The number of amides is 2. The van der Waals surface area contributed by atoms with Crippen LogP contribution in [0.1, 0.15) is 57.8 Å². The predicted molar refractivity (Wildman–Crippen MR) is 124 cm³/mol. The number of nitrogens with zero attached hydrogens (tertiary/aromatic N) is 2. The quantitative estimate of drug-likeness (QED) is 0.578. The lowest BCUT2D eigenvalue weighted by Gasteiger charge is -2.32. The Bertz CT molecular complexity index is 811. The van der Waals surface area contributed by atoms with Crippen LogP contribution < -0.4 is 11.1 Å². The highest BCUT2D eigenvalue weighted by molar-refractivity contribution is 5.89. The summed E-state index contributed by atoms with van der Waals surface area (Å²) in [4.78, 5) is 32.2. The van der Waals surface area contributed by atoms with Gasteiger partial charge in [-0.25, -0.2) is 0 Å². The van der Waals surface area contributed by atoms with Gasteiger partial charge in [0.05, 0.1) is 12.1 Å². The summed E-state index contributed by atoms with van der Waals surface area (Å²) in [6, 6.07) is 14.1. The van der Waals surface area contributed by atoms with E-state index in [2.05, 4.69) is 10.3 Å². The van der Waals surface area contributed by atoms with E-state index in [0.717, 1.165) is 17.7 Å². The van der Waals surface area contributed by atoms with E-state index in [1.165, 1.54) is 0 Å². The van der Waals surface area contributed by atoms with Crippen LogP contribution in [0.5, 0.6) is 0 Å². The first-order valence-corrected chi connectivity index (χ1v) is 11.1. The molecule has 1 aromatic heterocycles. The molecule has 1 heterocycles. The number of hydrogen-bond donors (Lipinski definition) is 2. The molecule has 0 bridgehead atoms. The molecule has 2 aromatic rings. The number of carbonyl (C=O) groups excluding carboxylic acids is 2. The van der Waals surface area contributed by atoms with Crippen molar-refractivity contribution in [2.75, 3.05) is 6.54 Å². The summed E-state index contributed by atoms with van der Waals surface area (Å²) in [5.41, 5.74) is 8.04. The lowest BCUT2D eigenvalue weighted by Crippen LogP contribution is -2.54. The fraction of sp³-hybridized carbons (Fsp3) is 0.480. The zero-order chi connectivity index (χ0) is 22.8. The van der Waals surface area contributed by atoms with Crippen molar-refractivity contribution >= 4 is 11.8 Å². The summed E-state index contributed by atoms with van der Waals surface area (Å²) in [7, 11) is 0. The molecule has 0 aliphatic carbocycles. The van der Waals surface area contributed by atoms with Gasteiger partial charge in [0.15, 0.2) is 0 Å². The lowest BCUT2D eigenvalue weighted by molar-refractivity contribution is -0.141. The van der Waals surface area contributed by atoms with Crippen molar-refractivity contribution in [1.29, 1.82) is 0 Å². The molecule has 3 N–H and O–H groups in total. The van der Waals surface area contributed by atoms with Crippen LogP contribution in [0.25, 0.3) is 0 Å². The van der Waals surface area contributed by atoms with Crippen LogP contribution in [-0.4, -0.2) is 40.3 Å². The third-order valence-electron chi connectivity index (χ3n) is 5.29. The lowest BCUT2D eigenvalue weighted by atomic mass is 10.0. The van der Waals surface area contributed by atoms with Crippen molar-refractivity contribution in [1.82, 2.24) is 15.2 Å². The second-order valence-electron chi connectivity index (χ2n) is 8.44. The van der Waals surface area contributed by atoms with Gasteiger partial charge in [-0.2, -0.15) is 0 Å². The van der Waals surface area contributed by atoms with Crippen LogP contribution in [0.4, 0.5) is 0 Å². The Balaban J connectivity index is 2.18. The third-order valence-corrected chi connectivity index (χ3v) is 5.29. The topological polar surface area (TPSA) is 88.3 Å². The summed E-state index contributed by atoms with van der Waals surface area (Å²) >= 11 is 0. The van der Waals surface area contributed by atoms with Gasteiger partial charge in [-0.3, -0.25) is 14.6 Å². The van der Waals surface area contributed by atoms with E-state index in [1.54, 1.807) is 18.0 Å². The average molecular weight is 425 g/mol. The van der Waals surface area contributed by atoms with E-state index in [-0.39, 0.29) is 17.9 Å². The molecule has 3 atom stereocenters. The van der Waals surface area contributed by atoms with E-state index in [9.17, 15) is 9.59 Å². The molecule has 1 aromatic carbocycles.